The Morgan fingerprint density at radius 2 is 1.92 bits per heavy atom. The van der Waals surface area contributed by atoms with Crippen molar-refractivity contribution in [3.05, 3.63) is 59.2 Å². The molecular weight excluding hydrogens is 306 g/mol. The molecule has 5 nitrogen and oxygen atoms in total. The van der Waals surface area contributed by atoms with Gasteiger partial charge in [-0.1, -0.05) is 24.3 Å². The van der Waals surface area contributed by atoms with E-state index in [0.29, 0.717) is 23.6 Å². The molecule has 2 aromatic rings. The number of carbonyl (C=O) groups excluding carboxylic acids is 1. The van der Waals surface area contributed by atoms with Crippen LogP contribution >= 0.6 is 0 Å². The van der Waals surface area contributed by atoms with Gasteiger partial charge < -0.3 is 19.5 Å². The highest BCUT2D eigenvalue weighted by Gasteiger charge is 2.16. The molecule has 2 aromatic carbocycles. The van der Waals surface area contributed by atoms with E-state index in [9.17, 15) is 4.79 Å². The monoisotopic (exact) mass is 325 g/mol. The summed E-state index contributed by atoms with van der Waals surface area (Å²) < 4.78 is 16.1. The van der Waals surface area contributed by atoms with Gasteiger partial charge in [-0.15, -0.1) is 0 Å². The summed E-state index contributed by atoms with van der Waals surface area (Å²) in [4.78, 5) is 12.3. The lowest BCUT2D eigenvalue weighted by Crippen LogP contribution is -2.28. The summed E-state index contributed by atoms with van der Waals surface area (Å²) in [6, 6.07) is 13.2. The number of hydrogen-bond donors (Lipinski definition) is 1. The highest BCUT2D eigenvalue weighted by atomic mass is 16.5. The average Bonchev–Trinajstić information content (AvgIpc) is 2.65. The molecule has 0 unspecified atom stereocenters. The number of para-hydroxylation sites is 1. The normalized spacial score (nSPS) is 12.5. The lowest BCUT2D eigenvalue weighted by atomic mass is 10.1. The minimum Gasteiger partial charge on any atom is -0.493 e. The molecule has 1 heterocycles. The first-order valence-electron chi connectivity index (χ1n) is 7.63. The fourth-order valence-electron chi connectivity index (χ4n) is 2.53. The summed E-state index contributed by atoms with van der Waals surface area (Å²) in [5, 5.41) is 2.90. The molecule has 1 aliphatic heterocycles. The number of benzene rings is 2. The van der Waals surface area contributed by atoms with Crippen molar-refractivity contribution in [2.24, 2.45) is 0 Å². The van der Waals surface area contributed by atoms with Crippen LogP contribution in [0.25, 0.3) is 6.08 Å². The summed E-state index contributed by atoms with van der Waals surface area (Å²) in [5.41, 5.74) is 2.45. The first kappa shape index (κ1) is 15.9. The predicted molar refractivity (Wildman–Crippen MR) is 91.3 cm³/mol. The Hall–Kier alpha value is -2.95. The van der Waals surface area contributed by atoms with E-state index in [1.807, 2.05) is 48.5 Å². The maximum absolute atomic E-state index is 12.3. The Morgan fingerprint density at radius 1 is 1.12 bits per heavy atom. The van der Waals surface area contributed by atoms with Crippen LogP contribution in [0.2, 0.25) is 0 Å². The van der Waals surface area contributed by atoms with E-state index >= 15 is 0 Å². The number of hydrogen-bond acceptors (Lipinski definition) is 4. The standard InChI is InChI=1S/C19H19NO4/c1-22-17-8-7-13(9-18(17)23-2)11-20-19(21)15-10-14-5-3-4-6-16(14)24-12-15/h3-10H,11-12H2,1-2H3,(H,20,21). The largest absolute Gasteiger partial charge is 0.493 e. The van der Waals surface area contributed by atoms with Crippen molar-refractivity contribution in [2.45, 2.75) is 6.54 Å². The SMILES string of the molecule is COc1ccc(CNC(=O)C2=Cc3ccccc3OC2)cc1OC. The van der Waals surface area contributed by atoms with Gasteiger partial charge in [0.15, 0.2) is 11.5 Å². The van der Waals surface area contributed by atoms with Gasteiger partial charge in [0.25, 0.3) is 5.91 Å². The maximum Gasteiger partial charge on any atom is 0.250 e. The number of methoxy groups -OCH3 is 2. The molecule has 0 fully saturated rings. The Kier molecular flexibility index (Phi) is 4.70. The molecule has 0 bridgehead atoms. The predicted octanol–water partition coefficient (Wildman–Crippen LogP) is 2.80. The molecule has 124 valence electrons. The molecule has 0 aliphatic carbocycles. The smallest absolute Gasteiger partial charge is 0.250 e. The lowest BCUT2D eigenvalue weighted by Gasteiger charge is -2.17. The Morgan fingerprint density at radius 3 is 2.71 bits per heavy atom. The number of rotatable bonds is 5. The van der Waals surface area contributed by atoms with E-state index in [1.54, 1.807) is 14.2 Å². The van der Waals surface area contributed by atoms with Crippen LogP contribution in [0.5, 0.6) is 17.2 Å². The summed E-state index contributed by atoms with van der Waals surface area (Å²) in [7, 11) is 3.18. The van der Waals surface area contributed by atoms with Gasteiger partial charge in [-0.3, -0.25) is 4.79 Å². The third-order valence-corrected chi connectivity index (χ3v) is 3.82. The van der Waals surface area contributed by atoms with Gasteiger partial charge >= 0.3 is 0 Å². The fraction of sp³-hybridized carbons (Fsp3) is 0.211. The molecule has 0 radical (unpaired) electrons. The van der Waals surface area contributed by atoms with Gasteiger partial charge in [-0.25, -0.2) is 0 Å². The van der Waals surface area contributed by atoms with Crippen LogP contribution < -0.4 is 19.5 Å². The van der Waals surface area contributed by atoms with Gasteiger partial charge in [0, 0.05) is 12.1 Å². The van der Waals surface area contributed by atoms with Crippen molar-refractivity contribution in [3.63, 3.8) is 0 Å². The van der Waals surface area contributed by atoms with Crippen LogP contribution in [0.15, 0.2) is 48.0 Å². The molecule has 0 saturated heterocycles. The van der Waals surface area contributed by atoms with E-state index in [2.05, 4.69) is 5.32 Å². The van der Waals surface area contributed by atoms with Gasteiger partial charge in [0.05, 0.1) is 19.8 Å². The second-order valence-corrected chi connectivity index (χ2v) is 5.37. The van der Waals surface area contributed by atoms with Crippen molar-refractivity contribution in [3.8, 4) is 17.2 Å². The molecule has 0 aromatic heterocycles. The summed E-state index contributed by atoms with van der Waals surface area (Å²) in [5.74, 6) is 1.96. The van der Waals surface area contributed by atoms with Crippen molar-refractivity contribution < 1.29 is 19.0 Å². The minimum atomic E-state index is -0.140. The van der Waals surface area contributed by atoms with Crippen molar-refractivity contribution in [2.75, 3.05) is 20.8 Å². The Labute approximate surface area is 140 Å². The molecule has 3 rings (SSSR count). The van der Waals surface area contributed by atoms with Gasteiger partial charge in [-0.05, 0) is 29.8 Å². The van der Waals surface area contributed by atoms with Crippen molar-refractivity contribution >= 4 is 12.0 Å². The van der Waals surface area contributed by atoms with E-state index in [0.717, 1.165) is 16.9 Å². The van der Waals surface area contributed by atoms with Crippen LogP contribution in [0.4, 0.5) is 0 Å². The van der Waals surface area contributed by atoms with Gasteiger partial charge in [-0.2, -0.15) is 0 Å². The number of ether oxygens (including phenoxy) is 3. The number of fused-ring (bicyclic) bond motifs is 1. The molecule has 0 atom stereocenters. The number of amides is 1. The van der Waals surface area contributed by atoms with E-state index < -0.39 is 0 Å². The van der Waals surface area contributed by atoms with Crippen LogP contribution in [0, 0.1) is 0 Å². The fourth-order valence-corrected chi connectivity index (χ4v) is 2.53. The number of carbonyl (C=O) groups is 1. The minimum absolute atomic E-state index is 0.140. The molecule has 1 amide bonds. The third-order valence-electron chi connectivity index (χ3n) is 3.82. The van der Waals surface area contributed by atoms with Crippen molar-refractivity contribution in [1.82, 2.24) is 5.32 Å². The molecule has 5 heteroatoms. The quantitative estimate of drug-likeness (QED) is 0.918. The summed E-state index contributed by atoms with van der Waals surface area (Å²) in [6.45, 7) is 0.674. The molecule has 1 N–H and O–H groups in total. The van der Waals surface area contributed by atoms with Crippen LogP contribution in [-0.2, 0) is 11.3 Å². The van der Waals surface area contributed by atoms with Gasteiger partial charge in [0.2, 0.25) is 0 Å². The first-order chi connectivity index (χ1) is 11.7. The second kappa shape index (κ2) is 7.08. The van der Waals surface area contributed by atoms with Crippen LogP contribution in [0.3, 0.4) is 0 Å². The Bertz CT molecular complexity index is 783. The van der Waals surface area contributed by atoms with Gasteiger partial charge in [0.1, 0.15) is 12.4 Å². The van der Waals surface area contributed by atoms with Crippen LogP contribution in [-0.4, -0.2) is 26.7 Å². The number of nitrogens with one attached hydrogen (secondary N) is 1. The highest BCUT2D eigenvalue weighted by Crippen LogP contribution is 2.28. The van der Waals surface area contributed by atoms with Crippen LogP contribution in [0.1, 0.15) is 11.1 Å². The highest BCUT2D eigenvalue weighted by molar-refractivity contribution is 5.99. The topological polar surface area (TPSA) is 56.8 Å². The maximum atomic E-state index is 12.3. The third kappa shape index (κ3) is 3.35. The summed E-state index contributed by atoms with van der Waals surface area (Å²) >= 11 is 0. The molecule has 0 spiro atoms. The van der Waals surface area contributed by atoms with E-state index in [4.69, 9.17) is 14.2 Å². The zero-order chi connectivity index (χ0) is 16.9. The second-order valence-electron chi connectivity index (χ2n) is 5.37. The average molecular weight is 325 g/mol. The molecule has 24 heavy (non-hydrogen) atoms. The van der Waals surface area contributed by atoms with Crippen molar-refractivity contribution in [1.29, 1.82) is 0 Å². The first-order valence-corrected chi connectivity index (χ1v) is 7.63. The zero-order valence-corrected chi connectivity index (χ0v) is 13.7. The molecule has 1 aliphatic rings. The Balaban J connectivity index is 1.67. The molecular formula is C19H19NO4. The lowest BCUT2D eigenvalue weighted by molar-refractivity contribution is -0.117. The molecule has 0 saturated carbocycles. The summed E-state index contributed by atoms with van der Waals surface area (Å²) in [6.07, 6.45) is 1.86. The zero-order valence-electron chi connectivity index (χ0n) is 13.7. The van der Waals surface area contributed by atoms with E-state index in [1.165, 1.54) is 0 Å². The van der Waals surface area contributed by atoms with E-state index in [-0.39, 0.29) is 12.5 Å².